The van der Waals surface area contributed by atoms with Crippen molar-refractivity contribution in [3.05, 3.63) is 96.1 Å². The van der Waals surface area contributed by atoms with Gasteiger partial charge in [0.2, 0.25) is 0 Å². The summed E-state index contributed by atoms with van der Waals surface area (Å²) in [5.41, 5.74) is 7.45. The summed E-state index contributed by atoms with van der Waals surface area (Å²) in [4.78, 5) is 43.2. The molecule has 0 aromatic heterocycles. The normalized spacial score (nSPS) is 41.0. The third kappa shape index (κ3) is 5.32. The van der Waals surface area contributed by atoms with E-state index in [0.717, 1.165) is 56.1 Å². The van der Waals surface area contributed by atoms with Crippen molar-refractivity contribution in [1.82, 2.24) is 0 Å². The summed E-state index contributed by atoms with van der Waals surface area (Å²) in [7, 11) is 0. The van der Waals surface area contributed by atoms with Gasteiger partial charge in [0.15, 0.2) is 11.9 Å². The lowest BCUT2D eigenvalue weighted by atomic mass is 9.33. The van der Waals surface area contributed by atoms with Crippen LogP contribution in [0.4, 0.5) is 0 Å². The van der Waals surface area contributed by atoms with Gasteiger partial charge in [0.1, 0.15) is 6.61 Å². The number of benzene rings is 2. The van der Waals surface area contributed by atoms with Crippen LogP contribution < -0.4 is 5.73 Å². The molecule has 7 rings (SSSR count). The van der Waals surface area contributed by atoms with Crippen LogP contribution in [-0.2, 0) is 23.9 Å². The zero-order valence-corrected chi connectivity index (χ0v) is 32.2. The summed E-state index contributed by atoms with van der Waals surface area (Å²) in [5.74, 6) is -0.449. The Morgan fingerprint density at radius 3 is 2.08 bits per heavy atom. The molecule has 4 saturated carbocycles. The number of hydrogen-bond acceptors (Lipinski definition) is 6. The largest absolute Gasteiger partial charge is 0.461 e. The van der Waals surface area contributed by atoms with Gasteiger partial charge < -0.3 is 15.2 Å². The molecule has 0 radical (unpaired) electrons. The highest BCUT2D eigenvalue weighted by atomic mass is 16.5. The van der Waals surface area contributed by atoms with E-state index in [9.17, 15) is 14.4 Å². The van der Waals surface area contributed by atoms with Crippen molar-refractivity contribution in [1.29, 1.82) is 0 Å². The van der Waals surface area contributed by atoms with Gasteiger partial charge in [-0.15, -0.1) is 0 Å². The number of hydrogen-bond donors (Lipinski definition) is 1. The van der Waals surface area contributed by atoms with E-state index in [1.807, 2.05) is 73.7 Å². The van der Waals surface area contributed by atoms with Gasteiger partial charge in [-0.2, -0.15) is 0 Å². The van der Waals surface area contributed by atoms with Gasteiger partial charge in [0.25, 0.3) is 0 Å². The number of ether oxygens (including phenoxy) is 2. The third-order valence-electron chi connectivity index (χ3n) is 16.0. The van der Waals surface area contributed by atoms with E-state index in [1.165, 1.54) is 5.57 Å². The Morgan fingerprint density at radius 1 is 0.846 bits per heavy atom. The topological polar surface area (TPSA) is 95.7 Å². The first-order valence-electron chi connectivity index (χ1n) is 19.7. The average Bonchev–Trinajstić information content (AvgIpc) is 3.13. The molecule has 0 aliphatic heterocycles. The first kappa shape index (κ1) is 36.8. The van der Waals surface area contributed by atoms with Gasteiger partial charge in [0, 0.05) is 12.0 Å². The molecule has 0 saturated heterocycles. The van der Waals surface area contributed by atoms with Crippen LogP contribution in [0.15, 0.2) is 85.0 Å². The molecule has 0 amide bonds. The molecule has 0 unspecified atom stereocenters. The lowest BCUT2D eigenvalue weighted by Crippen LogP contribution is -2.69. The molecule has 0 heterocycles. The van der Waals surface area contributed by atoms with Crippen LogP contribution >= 0.6 is 0 Å². The maximum Gasteiger partial charge on any atom is 0.313 e. The van der Waals surface area contributed by atoms with E-state index in [-0.39, 0.29) is 64.4 Å². The van der Waals surface area contributed by atoms with Crippen LogP contribution in [0.25, 0.3) is 0 Å². The summed E-state index contributed by atoms with van der Waals surface area (Å²) < 4.78 is 12.2. The maximum atomic E-state index is 14.9. The zero-order chi connectivity index (χ0) is 37.3. The minimum absolute atomic E-state index is 0.000925. The van der Waals surface area contributed by atoms with E-state index in [0.29, 0.717) is 12.8 Å². The van der Waals surface area contributed by atoms with Gasteiger partial charge in [0.05, 0.1) is 10.8 Å². The van der Waals surface area contributed by atoms with E-state index >= 15 is 0 Å². The minimum Gasteiger partial charge on any atom is -0.461 e. The van der Waals surface area contributed by atoms with Gasteiger partial charge in [-0.25, -0.2) is 0 Å². The third-order valence-corrected chi connectivity index (χ3v) is 16.0. The highest BCUT2D eigenvalue weighted by Crippen LogP contribution is 2.75. The molecule has 2 aromatic rings. The smallest absolute Gasteiger partial charge is 0.313 e. The fourth-order valence-corrected chi connectivity index (χ4v) is 12.5. The van der Waals surface area contributed by atoms with E-state index in [4.69, 9.17) is 15.2 Å². The average molecular weight is 706 g/mol. The van der Waals surface area contributed by atoms with Crippen molar-refractivity contribution in [2.75, 3.05) is 6.61 Å². The molecular weight excluding hydrogens is 647 g/mol. The highest BCUT2D eigenvalue weighted by molar-refractivity contribution is 5.96. The number of allylic oxidation sites excluding steroid dienone is 2. The molecule has 6 heteroatoms. The van der Waals surface area contributed by atoms with Gasteiger partial charge in [-0.1, -0.05) is 107 Å². The first-order chi connectivity index (χ1) is 24.6. The number of carbonyl (C=O) groups is 3. The molecule has 5 aliphatic rings. The Hall–Kier alpha value is -3.51. The summed E-state index contributed by atoms with van der Waals surface area (Å²) >= 11 is 0. The minimum atomic E-state index is -0.878. The van der Waals surface area contributed by atoms with Crippen molar-refractivity contribution >= 4 is 17.7 Å². The second-order valence-electron chi connectivity index (χ2n) is 18.7. The summed E-state index contributed by atoms with van der Waals surface area (Å²) in [6.45, 7) is 17.4. The van der Waals surface area contributed by atoms with E-state index in [2.05, 4.69) is 41.2 Å². The first-order valence-corrected chi connectivity index (χ1v) is 19.7. The number of fused-ring (bicyclic) bond motifs is 7. The number of ketones is 1. The predicted molar refractivity (Wildman–Crippen MR) is 204 cm³/mol. The SMILES string of the molecule is C=CCOC(=O)[C@@]1(C)[C@@H]2CC[C@]3(C)[C@H](C(=O)C=C4[C@@H]5C[C@@](C)(C(=O)OC(c6ccccc6)c6ccccc6)CC[C@]5(C)CC[C@]43C)[C@@]2(C)CC[C@@H]1N. The van der Waals surface area contributed by atoms with Crippen molar-refractivity contribution in [2.45, 2.75) is 111 Å². The Morgan fingerprint density at radius 2 is 1.46 bits per heavy atom. The Balaban J connectivity index is 1.22. The molecule has 5 aliphatic carbocycles. The van der Waals surface area contributed by atoms with Gasteiger partial charge >= 0.3 is 11.9 Å². The Bertz CT molecular complexity index is 1730. The fourth-order valence-electron chi connectivity index (χ4n) is 12.5. The zero-order valence-electron chi connectivity index (χ0n) is 32.2. The van der Waals surface area contributed by atoms with Crippen LogP contribution in [-0.4, -0.2) is 30.4 Å². The van der Waals surface area contributed by atoms with Crippen molar-refractivity contribution in [3.63, 3.8) is 0 Å². The highest BCUT2D eigenvalue weighted by Gasteiger charge is 2.71. The van der Waals surface area contributed by atoms with Crippen LogP contribution in [0, 0.1) is 50.2 Å². The van der Waals surface area contributed by atoms with Crippen molar-refractivity contribution in [3.8, 4) is 0 Å². The number of rotatable bonds is 7. The molecule has 10 atom stereocenters. The molecule has 0 bridgehead atoms. The van der Waals surface area contributed by atoms with Crippen LogP contribution in [0.1, 0.15) is 117 Å². The summed E-state index contributed by atoms with van der Waals surface area (Å²) in [6, 6.07) is 19.7. The lowest BCUT2D eigenvalue weighted by molar-refractivity contribution is -0.202. The van der Waals surface area contributed by atoms with E-state index in [1.54, 1.807) is 6.08 Å². The number of nitrogens with two attached hydrogens (primary N) is 1. The van der Waals surface area contributed by atoms with Crippen LogP contribution in [0.2, 0.25) is 0 Å². The fraction of sp³-hybridized carbons (Fsp3) is 0.587. The lowest BCUT2D eigenvalue weighted by Gasteiger charge is -2.70. The Labute approximate surface area is 311 Å². The predicted octanol–water partition coefficient (Wildman–Crippen LogP) is 9.34. The second kappa shape index (κ2) is 12.8. The molecule has 6 nitrogen and oxygen atoms in total. The maximum absolute atomic E-state index is 14.9. The number of esters is 2. The summed E-state index contributed by atoms with van der Waals surface area (Å²) in [5, 5.41) is 0. The second-order valence-corrected chi connectivity index (χ2v) is 18.7. The Kier molecular flexibility index (Phi) is 9.08. The van der Waals surface area contributed by atoms with Gasteiger partial charge in [-0.05, 0) is 122 Å². The van der Waals surface area contributed by atoms with Crippen LogP contribution in [0.5, 0.6) is 0 Å². The molecule has 4 fully saturated rings. The summed E-state index contributed by atoms with van der Waals surface area (Å²) in [6.07, 6.45) is 10.7. The van der Waals surface area contributed by atoms with Gasteiger partial charge in [-0.3, -0.25) is 14.4 Å². The molecule has 278 valence electrons. The monoisotopic (exact) mass is 705 g/mol. The van der Waals surface area contributed by atoms with E-state index < -0.39 is 22.3 Å². The van der Waals surface area contributed by atoms with Crippen molar-refractivity contribution in [2.24, 2.45) is 56.0 Å². The quantitative estimate of drug-likeness (QED) is 0.228. The molecule has 2 aromatic carbocycles. The molecular formula is C46H59NO5. The van der Waals surface area contributed by atoms with Crippen LogP contribution in [0.3, 0.4) is 0 Å². The standard InChI is InChI=1S/C46H59NO5/c1-8-27-51-40(50)46(7)35-19-22-45(6)38(43(35,4)21-20-36(46)47)34(48)28-32-33-29-42(3,24-23-41(33,2)25-26-44(32,45)5)39(49)52-37(30-15-11-9-12-16-30)31-17-13-10-14-18-31/h8-18,28,33,35-38H,1,19-27,29,47H2,2-7H3/t33-,35+,36-,38+,41+,42-,43-,44+,45+,46-/m0/s1. The number of carbonyl (C=O) groups excluding carboxylic acids is 3. The molecule has 2 N–H and O–H groups in total. The van der Waals surface area contributed by atoms with Crippen molar-refractivity contribution < 1.29 is 23.9 Å². The molecule has 52 heavy (non-hydrogen) atoms. The molecule has 0 spiro atoms.